The van der Waals surface area contributed by atoms with E-state index in [2.05, 4.69) is 9.88 Å². The Hall–Kier alpha value is -1.62. The molecule has 0 aromatic carbocycles. The van der Waals surface area contributed by atoms with Crippen LogP contribution in [0.5, 0.6) is 0 Å². The van der Waals surface area contributed by atoms with Crippen molar-refractivity contribution in [3.8, 4) is 10.8 Å². The Balaban J connectivity index is 1.53. The van der Waals surface area contributed by atoms with Crippen LogP contribution in [0.1, 0.15) is 49.0 Å². The van der Waals surface area contributed by atoms with Crippen LogP contribution in [-0.4, -0.2) is 28.4 Å². The summed E-state index contributed by atoms with van der Waals surface area (Å²) in [6.45, 7) is 0.883. The van der Waals surface area contributed by atoms with Crippen LogP contribution in [0.3, 0.4) is 0 Å². The number of carbonyl (C=O) groups excluding carboxylic acids is 1. The molecule has 2 aromatic rings. The van der Waals surface area contributed by atoms with Gasteiger partial charge in [-0.05, 0) is 43.7 Å². The van der Waals surface area contributed by atoms with Crippen molar-refractivity contribution in [3.63, 3.8) is 0 Å². The summed E-state index contributed by atoms with van der Waals surface area (Å²) in [4.78, 5) is 19.4. The summed E-state index contributed by atoms with van der Waals surface area (Å²) in [6, 6.07) is 4.16. The number of carbonyl (C=O) groups is 1. The fourth-order valence-corrected chi connectivity index (χ4v) is 4.67. The molecule has 4 rings (SSSR count). The third kappa shape index (κ3) is 2.47. The lowest BCUT2D eigenvalue weighted by molar-refractivity contribution is 0.0684. The molecule has 5 heteroatoms. The van der Waals surface area contributed by atoms with Gasteiger partial charge < -0.3 is 9.32 Å². The van der Waals surface area contributed by atoms with Gasteiger partial charge in [-0.15, -0.1) is 11.3 Å². The van der Waals surface area contributed by atoms with E-state index in [4.69, 9.17) is 4.42 Å². The van der Waals surface area contributed by atoms with E-state index in [9.17, 15) is 4.79 Å². The van der Waals surface area contributed by atoms with Crippen LogP contribution in [0.4, 0.5) is 0 Å². The Morgan fingerprint density at radius 3 is 2.91 bits per heavy atom. The smallest absolute Gasteiger partial charge is 0.273 e. The van der Waals surface area contributed by atoms with Crippen molar-refractivity contribution in [2.45, 2.75) is 44.6 Å². The van der Waals surface area contributed by atoms with Gasteiger partial charge in [0.1, 0.15) is 5.69 Å². The minimum atomic E-state index is 0.100. The molecule has 0 spiro atoms. The molecule has 22 heavy (non-hydrogen) atoms. The molecule has 0 N–H and O–H groups in total. The molecule has 1 saturated carbocycles. The molecule has 116 valence electrons. The number of hydrogen-bond acceptors (Lipinski definition) is 4. The van der Waals surface area contributed by atoms with Gasteiger partial charge in [-0.2, -0.15) is 0 Å². The van der Waals surface area contributed by atoms with E-state index < -0.39 is 0 Å². The van der Waals surface area contributed by atoms with Gasteiger partial charge in [0, 0.05) is 18.0 Å². The number of hydrogen-bond donors (Lipinski definition) is 0. The Bertz CT molecular complexity index is 643. The maximum atomic E-state index is 12.8. The minimum Gasteiger partial charge on any atom is -0.462 e. The molecule has 0 radical (unpaired) electrons. The predicted molar refractivity (Wildman–Crippen MR) is 85.8 cm³/mol. The van der Waals surface area contributed by atoms with Crippen LogP contribution in [0.25, 0.3) is 10.8 Å². The molecule has 2 fully saturated rings. The molecule has 2 aromatic heterocycles. The molecule has 1 atom stereocenters. The summed E-state index contributed by atoms with van der Waals surface area (Å²) in [5.41, 5.74) is 0.571. The van der Waals surface area contributed by atoms with E-state index in [1.165, 1.54) is 37.0 Å². The lowest BCUT2D eigenvalue weighted by Crippen LogP contribution is -2.39. The topological polar surface area (TPSA) is 46.3 Å². The van der Waals surface area contributed by atoms with E-state index in [1.54, 1.807) is 6.26 Å². The van der Waals surface area contributed by atoms with Gasteiger partial charge in [0.15, 0.2) is 10.8 Å². The lowest BCUT2D eigenvalue weighted by Gasteiger charge is -2.28. The Morgan fingerprint density at radius 1 is 1.27 bits per heavy atom. The highest BCUT2D eigenvalue weighted by molar-refractivity contribution is 7.13. The van der Waals surface area contributed by atoms with E-state index in [-0.39, 0.29) is 5.91 Å². The molecule has 0 bridgehead atoms. The molecule has 1 amide bonds. The van der Waals surface area contributed by atoms with E-state index in [0.29, 0.717) is 17.7 Å². The summed E-state index contributed by atoms with van der Waals surface area (Å²) in [5.74, 6) is 1.54. The number of furan rings is 1. The number of amides is 1. The number of likely N-dealkylation sites (tertiary alicyclic amines) is 1. The van der Waals surface area contributed by atoms with Crippen molar-refractivity contribution in [2.75, 3.05) is 6.54 Å². The quantitative estimate of drug-likeness (QED) is 0.852. The Kier molecular flexibility index (Phi) is 3.74. The van der Waals surface area contributed by atoms with Gasteiger partial charge in [0.05, 0.1) is 6.26 Å². The average Bonchev–Trinajstić information content (AvgIpc) is 3.35. The zero-order valence-electron chi connectivity index (χ0n) is 12.5. The molecule has 1 unspecified atom stereocenters. The van der Waals surface area contributed by atoms with Gasteiger partial charge in [0.2, 0.25) is 0 Å². The normalized spacial score (nSPS) is 22.5. The van der Waals surface area contributed by atoms with Crippen molar-refractivity contribution in [3.05, 3.63) is 29.5 Å². The highest BCUT2D eigenvalue weighted by Crippen LogP contribution is 2.36. The van der Waals surface area contributed by atoms with Gasteiger partial charge in [-0.25, -0.2) is 4.98 Å². The highest BCUT2D eigenvalue weighted by Gasteiger charge is 2.36. The van der Waals surface area contributed by atoms with Crippen molar-refractivity contribution in [1.29, 1.82) is 0 Å². The van der Waals surface area contributed by atoms with Crippen molar-refractivity contribution >= 4 is 17.2 Å². The zero-order chi connectivity index (χ0) is 14.9. The van der Waals surface area contributed by atoms with Crippen molar-refractivity contribution in [2.24, 2.45) is 5.92 Å². The number of thiazole rings is 1. The fourth-order valence-electron chi connectivity index (χ4n) is 3.91. The second-order valence-electron chi connectivity index (χ2n) is 6.27. The second-order valence-corrected chi connectivity index (χ2v) is 7.13. The van der Waals surface area contributed by atoms with E-state index in [0.717, 1.165) is 30.2 Å². The zero-order valence-corrected chi connectivity index (χ0v) is 13.3. The van der Waals surface area contributed by atoms with E-state index >= 15 is 0 Å². The number of rotatable bonds is 3. The summed E-state index contributed by atoms with van der Waals surface area (Å²) in [6.07, 6.45) is 9.12. The standard InChI is InChI=1S/C17H20N2O2S/c20-17(13-11-22-16(18-13)15-8-4-10-21-15)19-9-3-7-14(19)12-5-1-2-6-12/h4,8,10-12,14H,1-3,5-7,9H2. The first kappa shape index (κ1) is 14.0. The minimum absolute atomic E-state index is 0.100. The first-order chi connectivity index (χ1) is 10.8. The molecule has 1 aliphatic heterocycles. The van der Waals surface area contributed by atoms with Crippen molar-refractivity contribution in [1.82, 2.24) is 9.88 Å². The Morgan fingerprint density at radius 2 is 2.14 bits per heavy atom. The Labute approximate surface area is 134 Å². The second kappa shape index (κ2) is 5.88. The average molecular weight is 316 g/mol. The summed E-state index contributed by atoms with van der Waals surface area (Å²) in [5, 5.41) is 2.65. The summed E-state index contributed by atoms with van der Waals surface area (Å²) >= 11 is 1.48. The fraction of sp³-hybridized carbons (Fsp3) is 0.529. The first-order valence-corrected chi connectivity index (χ1v) is 9.01. The van der Waals surface area contributed by atoms with Gasteiger partial charge in [-0.3, -0.25) is 4.79 Å². The summed E-state index contributed by atoms with van der Waals surface area (Å²) in [7, 11) is 0. The lowest BCUT2D eigenvalue weighted by atomic mass is 9.96. The maximum Gasteiger partial charge on any atom is 0.273 e. The highest BCUT2D eigenvalue weighted by atomic mass is 32.1. The van der Waals surface area contributed by atoms with Crippen LogP contribution < -0.4 is 0 Å². The molecule has 1 aliphatic carbocycles. The molecular weight excluding hydrogens is 296 g/mol. The van der Waals surface area contributed by atoms with E-state index in [1.807, 2.05) is 17.5 Å². The molecule has 4 nitrogen and oxygen atoms in total. The van der Waals surface area contributed by atoms with Crippen LogP contribution >= 0.6 is 11.3 Å². The molecule has 1 saturated heterocycles. The third-order valence-corrected chi connectivity index (χ3v) is 5.82. The van der Waals surface area contributed by atoms with Crippen LogP contribution in [0.2, 0.25) is 0 Å². The first-order valence-electron chi connectivity index (χ1n) is 8.13. The van der Waals surface area contributed by atoms with Gasteiger partial charge >= 0.3 is 0 Å². The molecule has 3 heterocycles. The van der Waals surface area contributed by atoms with Crippen LogP contribution in [0.15, 0.2) is 28.2 Å². The SMILES string of the molecule is O=C(c1csc(-c2ccco2)n1)N1CCCC1C1CCCC1. The number of nitrogens with zero attached hydrogens (tertiary/aromatic N) is 2. The van der Waals surface area contributed by atoms with Crippen LogP contribution in [0, 0.1) is 5.92 Å². The van der Waals surface area contributed by atoms with Gasteiger partial charge in [0.25, 0.3) is 5.91 Å². The maximum absolute atomic E-state index is 12.8. The predicted octanol–water partition coefficient (Wildman–Crippen LogP) is 4.20. The summed E-state index contributed by atoms with van der Waals surface area (Å²) < 4.78 is 5.36. The van der Waals surface area contributed by atoms with Crippen molar-refractivity contribution < 1.29 is 9.21 Å². The molecule has 2 aliphatic rings. The largest absolute Gasteiger partial charge is 0.462 e. The number of aromatic nitrogens is 1. The van der Waals surface area contributed by atoms with Gasteiger partial charge in [-0.1, -0.05) is 12.8 Å². The molecular formula is C17H20N2O2S. The monoisotopic (exact) mass is 316 g/mol. The third-order valence-electron chi connectivity index (χ3n) is 4.96. The van der Waals surface area contributed by atoms with Crippen LogP contribution in [-0.2, 0) is 0 Å².